The van der Waals surface area contributed by atoms with Crippen LogP contribution in [0.3, 0.4) is 0 Å². The maximum atomic E-state index is 4.32. The molecule has 0 unspecified atom stereocenters. The third-order valence-electron chi connectivity index (χ3n) is 1.34. The second kappa shape index (κ2) is 4.38. The molecule has 0 amide bonds. The first kappa shape index (κ1) is 10.9. The van der Waals surface area contributed by atoms with Gasteiger partial charge in [-0.2, -0.15) is 0 Å². The lowest BCUT2D eigenvalue weighted by Crippen LogP contribution is -2.06. The standard InChI is InChI=1S/C10H15NS2/c1-10(2,3)13-8-5-6-9(12-4)11-7-8/h5-7H,1-4H3. The largest absolute Gasteiger partial charge is 0.249 e. The van der Waals surface area contributed by atoms with Crippen molar-refractivity contribution in [3.8, 4) is 0 Å². The molecule has 0 atom stereocenters. The summed E-state index contributed by atoms with van der Waals surface area (Å²) in [5, 5.41) is 1.08. The smallest absolute Gasteiger partial charge is 0.0957 e. The van der Waals surface area contributed by atoms with E-state index < -0.39 is 0 Å². The molecule has 0 aliphatic carbocycles. The van der Waals surface area contributed by atoms with Crippen molar-refractivity contribution in [1.29, 1.82) is 0 Å². The molecular formula is C10H15NS2. The lowest BCUT2D eigenvalue weighted by Gasteiger charge is -2.16. The molecule has 0 aromatic carbocycles. The second-order valence-corrected chi connectivity index (χ2v) is 6.48. The molecule has 13 heavy (non-hydrogen) atoms. The molecule has 0 N–H and O–H groups in total. The molecule has 0 saturated carbocycles. The summed E-state index contributed by atoms with van der Waals surface area (Å²) in [5.41, 5.74) is 0. The van der Waals surface area contributed by atoms with Gasteiger partial charge in [-0.3, -0.25) is 0 Å². The van der Waals surface area contributed by atoms with Gasteiger partial charge in [-0.1, -0.05) is 20.8 Å². The van der Waals surface area contributed by atoms with Crippen molar-refractivity contribution in [3.63, 3.8) is 0 Å². The lowest BCUT2D eigenvalue weighted by molar-refractivity contribution is 0.802. The molecule has 0 saturated heterocycles. The first-order valence-corrected chi connectivity index (χ1v) is 6.24. The van der Waals surface area contributed by atoms with E-state index in [4.69, 9.17) is 0 Å². The van der Waals surface area contributed by atoms with Gasteiger partial charge in [0.05, 0.1) is 5.03 Å². The molecule has 72 valence electrons. The van der Waals surface area contributed by atoms with Gasteiger partial charge in [0.25, 0.3) is 0 Å². The Morgan fingerprint density at radius 3 is 2.31 bits per heavy atom. The van der Waals surface area contributed by atoms with E-state index >= 15 is 0 Å². The van der Waals surface area contributed by atoms with Crippen LogP contribution in [-0.2, 0) is 0 Å². The van der Waals surface area contributed by atoms with Crippen LogP contribution in [0.15, 0.2) is 28.3 Å². The Hall–Kier alpha value is -0.150. The fourth-order valence-corrected chi connectivity index (χ4v) is 2.21. The van der Waals surface area contributed by atoms with E-state index in [2.05, 4.69) is 37.9 Å². The Morgan fingerprint density at radius 2 is 1.92 bits per heavy atom. The molecule has 0 radical (unpaired) electrons. The summed E-state index contributed by atoms with van der Waals surface area (Å²) in [7, 11) is 0. The number of hydrogen-bond acceptors (Lipinski definition) is 3. The van der Waals surface area contributed by atoms with E-state index in [-0.39, 0.29) is 4.75 Å². The fourth-order valence-electron chi connectivity index (χ4n) is 0.901. The average molecular weight is 213 g/mol. The highest BCUT2D eigenvalue weighted by atomic mass is 32.2. The monoisotopic (exact) mass is 213 g/mol. The quantitative estimate of drug-likeness (QED) is 0.695. The molecule has 1 aromatic rings. The normalized spacial score (nSPS) is 11.7. The van der Waals surface area contributed by atoms with Crippen molar-refractivity contribution in [1.82, 2.24) is 4.98 Å². The van der Waals surface area contributed by atoms with E-state index in [0.29, 0.717) is 0 Å². The van der Waals surface area contributed by atoms with Gasteiger partial charge in [0.1, 0.15) is 0 Å². The van der Waals surface area contributed by atoms with Gasteiger partial charge in [0.15, 0.2) is 0 Å². The van der Waals surface area contributed by atoms with Gasteiger partial charge >= 0.3 is 0 Å². The highest BCUT2D eigenvalue weighted by molar-refractivity contribution is 8.00. The SMILES string of the molecule is CSc1ccc(SC(C)(C)C)cn1. The summed E-state index contributed by atoms with van der Waals surface area (Å²) in [6.45, 7) is 6.63. The van der Waals surface area contributed by atoms with Gasteiger partial charge in [-0.05, 0) is 18.4 Å². The van der Waals surface area contributed by atoms with Crippen LogP contribution in [-0.4, -0.2) is 16.0 Å². The van der Waals surface area contributed by atoms with Crippen LogP contribution in [0.4, 0.5) is 0 Å². The molecule has 0 fully saturated rings. The predicted molar refractivity (Wildman–Crippen MR) is 61.6 cm³/mol. The van der Waals surface area contributed by atoms with Crippen molar-refractivity contribution >= 4 is 23.5 Å². The minimum Gasteiger partial charge on any atom is -0.249 e. The number of nitrogens with zero attached hydrogens (tertiary/aromatic N) is 1. The fraction of sp³-hybridized carbons (Fsp3) is 0.500. The number of thioether (sulfide) groups is 2. The van der Waals surface area contributed by atoms with Crippen molar-refractivity contribution in [2.45, 2.75) is 35.4 Å². The second-order valence-electron chi connectivity index (χ2n) is 3.75. The molecule has 1 rings (SSSR count). The Morgan fingerprint density at radius 1 is 1.23 bits per heavy atom. The van der Waals surface area contributed by atoms with E-state index in [1.54, 1.807) is 11.8 Å². The third kappa shape index (κ3) is 4.05. The van der Waals surface area contributed by atoms with Crippen LogP contribution >= 0.6 is 23.5 Å². The highest BCUT2D eigenvalue weighted by Gasteiger charge is 2.11. The van der Waals surface area contributed by atoms with Crippen LogP contribution in [0.25, 0.3) is 0 Å². The first-order chi connectivity index (χ1) is 6.01. The van der Waals surface area contributed by atoms with Crippen molar-refractivity contribution in [2.75, 3.05) is 6.26 Å². The number of hydrogen-bond donors (Lipinski definition) is 0. The van der Waals surface area contributed by atoms with Crippen LogP contribution in [0.5, 0.6) is 0 Å². The number of pyridine rings is 1. The van der Waals surface area contributed by atoms with Gasteiger partial charge in [-0.25, -0.2) is 4.98 Å². The summed E-state index contributed by atoms with van der Waals surface area (Å²) in [6.07, 6.45) is 3.99. The van der Waals surface area contributed by atoms with Crippen molar-refractivity contribution in [2.24, 2.45) is 0 Å². The zero-order valence-electron chi connectivity index (χ0n) is 8.50. The molecule has 1 nitrogen and oxygen atoms in total. The van der Waals surface area contributed by atoms with Gasteiger partial charge in [-0.15, -0.1) is 23.5 Å². The van der Waals surface area contributed by atoms with Gasteiger partial charge in [0.2, 0.25) is 0 Å². The molecular weight excluding hydrogens is 198 g/mol. The average Bonchev–Trinajstić information content (AvgIpc) is 2.03. The van der Waals surface area contributed by atoms with E-state index in [0.717, 1.165) is 5.03 Å². The number of rotatable bonds is 2. The molecule has 0 bridgehead atoms. The Kier molecular flexibility index (Phi) is 3.68. The Balaban J connectivity index is 2.70. The summed E-state index contributed by atoms with van der Waals surface area (Å²) >= 11 is 3.52. The van der Waals surface area contributed by atoms with Crippen LogP contribution in [0.2, 0.25) is 0 Å². The van der Waals surface area contributed by atoms with Crippen molar-refractivity contribution < 1.29 is 0 Å². The molecule has 1 aromatic heterocycles. The van der Waals surface area contributed by atoms with Crippen LogP contribution in [0.1, 0.15) is 20.8 Å². The first-order valence-electron chi connectivity index (χ1n) is 4.20. The van der Waals surface area contributed by atoms with E-state index in [1.807, 2.05) is 24.2 Å². The molecule has 0 aliphatic rings. The van der Waals surface area contributed by atoms with Crippen LogP contribution < -0.4 is 0 Å². The van der Waals surface area contributed by atoms with E-state index in [1.165, 1.54) is 4.90 Å². The topological polar surface area (TPSA) is 12.9 Å². The summed E-state index contributed by atoms with van der Waals surface area (Å²) in [5.74, 6) is 0. The molecule has 0 spiro atoms. The maximum Gasteiger partial charge on any atom is 0.0957 e. The molecule has 0 aliphatic heterocycles. The predicted octanol–water partition coefficient (Wildman–Crippen LogP) is 3.69. The van der Waals surface area contributed by atoms with Crippen molar-refractivity contribution in [3.05, 3.63) is 18.3 Å². The highest BCUT2D eigenvalue weighted by Crippen LogP contribution is 2.31. The van der Waals surface area contributed by atoms with Crippen LogP contribution in [0, 0.1) is 0 Å². The Labute approximate surface area is 88.7 Å². The lowest BCUT2D eigenvalue weighted by atomic mass is 10.3. The molecule has 3 heteroatoms. The van der Waals surface area contributed by atoms with Gasteiger partial charge < -0.3 is 0 Å². The number of aromatic nitrogens is 1. The third-order valence-corrected chi connectivity index (χ3v) is 3.09. The minimum absolute atomic E-state index is 0.266. The Bertz CT molecular complexity index is 261. The minimum atomic E-state index is 0.266. The molecule has 1 heterocycles. The zero-order chi connectivity index (χ0) is 9.90. The summed E-state index contributed by atoms with van der Waals surface area (Å²) in [4.78, 5) is 5.56. The summed E-state index contributed by atoms with van der Waals surface area (Å²) in [6, 6.07) is 4.20. The van der Waals surface area contributed by atoms with Gasteiger partial charge in [0, 0.05) is 15.8 Å². The summed E-state index contributed by atoms with van der Waals surface area (Å²) < 4.78 is 0.266. The zero-order valence-corrected chi connectivity index (χ0v) is 10.1. The van der Waals surface area contributed by atoms with E-state index in [9.17, 15) is 0 Å². The maximum absolute atomic E-state index is 4.32.